The molecule has 9 heteroatoms. The predicted octanol–water partition coefficient (Wildman–Crippen LogP) is 3.08. The predicted molar refractivity (Wildman–Crippen MR) is 111 cm³/mol. The molecule has 158 valence electrons. The number of fused-ring (bicyclic) bond motifs is 1. The molecule has 1 amide bonds. The molecule has 0 aliphatic heterocycles. The summed E-state index contributed by atoms with van der Waals surface area (Å²) in [7, 11) is -3.88. The third-order valence-electron chi connectivity index (χ3n) is 4.29. The van der Waals surface area contributed by atoms with E-state index in [4.69, 9.17) is 4.74 Å². The second-order valence-electron chi connectivity index (χ2n) is 6.58. The Bertz CT molecular complexity index is 1170. The van der Waals surface area contributed by atoms with Crippen molar-refractivity contribution in [1.29, 1.82) is 0 Å². The van der Waals surface area contributed by atoms with Crippen LogP contribution >= 0.6 is 0 Å². The molecule has 0 unspecified atom stereocenters. The van der Waals surface area contributed by atoms with Crippen LogP contribution in [0.5, 0.6) is 5.75 Å². The van der Waals surface area contributed by atoms with Gasteiger partial charge >= 0.3 is 0 Å². The van der Waals surface area contributed by atoms with Gasteiger partial charge in [0.1, 0.15) is 18.9 Å². The topological polar surface area (TPSA) is 75.7 Å². The van der Waals surface area contributed by atoms with Crippen LogP contribution in [0.2, 0.25) is 0 Å². The molecule has 0 heterocycles. The molecule has 0 aliphatic carbocycles. The molecule has 0 aromatic heterocycles. The fourth-order valence-electron chi connectivity index (χ4n) is 2.84. The summed E-state index contributed by atoms with van der Waals surface area (Å²) in [5.74, 6) is -2.28. The lowest BCUT2D eigenvalue weighted by Gasteiger charge is -2.22. The highest BCUT2D eigenvalue weighted by atomic mass is 32.2. The Morgan fingerprint density at radius 1 is 1.00 bits per heavy atom. The fraction of sp³-hybridized carbons (Fsp3) is 0.190. The van der Waals surface area contributed by atoms with E-state index in [1.807, 2.05) is 42.5 Å². The molecule has 3 aromatic carbocycles. The number of sulfonamides is 1. The summed E-state index contributed by atoms with van der Waals surface area (Å²) in [6.45, 7) is -0.255. The molecule has 0 fully saturated rings. The fourth-order valence-corrected chi connectivity index (χ4v) is 3.69. The van der Waals surface area contributed by atoms with E-state index < -0.39 is 34.1 Å². The zero-order valence-electron chi connectivity index (χ0n) is 16.1. The Labute approximate surface area is 173 Å². The molecule has 3 aromatic rings. The summed E-state index contributed by atoms with van der Waals surface area (Å²) >= 11 is 0. The van der Waals surface area contributed by atoms with E-state index >= 15 is 0 Å². The molecule has 1 N–H and O–H groups in total. The Morgan fingerprint density at radius 3 is 2.43 bits per heavy atom. The number of anilines is 1. The van der Waals surface area contributed by atoms with Crippen molar-refractivity contribution in [2.45, 2.75) is 0 Å². The van der Waals surface area contributed by atoms with Gasteiger partial charge in [-0.2, -0.15) is 0 Å². The van der Waals surface area contributed by atoms with Crippen LogP contribution in [0.4, 0.5) is 14.5 Å². The average molecular weight is 434 g/mol. The molecular weight excluding hydrogens is 414 g/mol. The lowest BCUT2D eigenvalue weighted by Crippen LogP contribution is -2.41. The number of nitrogens with zero attached hydrogens (tertiary/aromatic N) is 1. The number of halogens is 2. The van der Waals surface area contributed by atoms with Crippen molar-refractivity contribution in [3.63, 3.8) is 0 Å². The quantitative estimate of drug-likeness (QED) is 0.553. The third kappa shape index (κ3) is 5.44. The Balaban J connectivity index is 1.55. The smallest absolute Gasteiger partial charge is 0.240 e. The first-order chi connectivity index (χ1) is 14.2. The SMILES string of the molecule is CS(=O)(=O)N(CC(=O)NCCOc1ccc2ccccc2c1)c1ccc(F)c(F)c1. The molecule has 0 saturated heterocycles. The Hall–Kier alpha value is -3.20. The van der Waals surface area contributed by atoms with Crippen LogP contribution in [0.15, 0.2) is 60.7 Å². The summed E-state index contributed by atoms with van der Waals surface area (Å²) < 4.78 is 56.9. The molecule has 6 nitrogen and oxygen atoms in total. The Morgan fingerprint density at radius 2 is 1.73 bits per heavy atom. The zero-order valence-corrected chi connectivity index (χ0v) is 17.0. The van der Waals surface area contributed by atoms with E-state index in [0.29, 0.717) is 10.1 Å². The van der Waals surface area contributed by atoms with Gasteiger partial charge in [0.15, 0.2) is 11.6 Å². The van der Waals surface area contributed by atoms with Gasteiger partial charge in [0.05, 0.1) is 18.5 Å². The number of carbonyl (C=O) groups is 1. The van der Waals surface area contributed by atoms with Gasteiger partial charge in [-0.1, -0.05) is 30.3 Å². The normalized spacial score (nSPS) is 11.3. The van der Waals surface area contributed by atoms with Crippen molar-refractivity contribution in [2.24, 2.45) is 0 Å². The number of hydrogen-bond acceptors (Lipinski definition) is 4. The van der Waals surface area contributed by atoms with Crippen LogP contribution in [0.1, 0.15) is 0 Å². The molecule has 0 spiro atoms. The maximum absolute atomic E-state index is 13.5. The first-order valence-corrected chi connectivity index (χ1v) is 10.9. The maximum Gasteiger partial charge on any atom is 0.240 e. The number of carbonyl (C=O) groups excluding carboxylic acids is 1. The highest BCUT2D eigenvalue weighted by Crippen LogP contribution is 2.21. The van der Waals surface area contributed by atoms with Crippen molar-refractivity contribution >= 4 is 32.4 Å². The van der Waals surface area contributed by atoms with Crippen molar-refractivity contribution in [3.8, 4) is 5.75 Å². The summed E-state index contributed by atoms with van der Waals surface area (Å²) in [5.41, 5.74) is -0.140. The van der Waals surface area contributed by atoms with E-state index in [2.05, 4.69) is 5.32 Å². The molecule has 0 aliphatic rings. The van der Waals surface area contributed by atoms with Crippen molar-refractivity contribution in [3.05, 3.63) is 72.3 Å². The summed E-state index contributed by atoms with van der Waals surface area (Å²) in [6, 6.07) is 16.1. The number of rotatable bonds is 8. The highest BCUT2D eigenvalue weighted by molar-refractivity contribution is 7.92. The third-order valence-corrected chi connectivity index (χ3v) is 5.43. The minimum atomic E-state index is -3.88. The molecule has 30 heavy (non-hydrogen) atoms. The van der Waals surface area contributed by atoms with Crippen molar-refractivity contribution < 1.29 is 26.7 Å². The standard InChI is InChI=1S/C21H20F2N2O4S/c1-30(27,28)25(17-7-9-19(22)20(23)13-17)14-21(26)24-10-11-29-18-8-6-15-4-2-3-5-16(15)12-18/h2-9,12-13H,10-11,14H2,1H3,(H,24,26). The van der Waals surface area contributed by atoms with Gasteiger partial charge in [0.2, 0.25) is 15.9 Å². The molecule has 0 saturated carbocycles. The second kappa shape index (κ2) is 9.08. The Kier molecular flexibility index (Phi) is 6.51. The maximum atomic E-state index is 13.5. The van der Waals surface area contributed by atoms with Crippen LogP contribution < -0.4 is 14.4 Å². The van der Waals surface area contributed by atoms with E-state index in [-0.39, 0.29) is 18.8 Å². The van der Waals surface area contributed by atoms with Crippen LogP contribution in [0.3, 0.4) is 0 Å². The van der Waals surface area contributed by atoms with Crippen LogP contribution in [-0.4, -0.2) is 40.3 Å². The summed E-state index contributed by atoms with van der Waals surface area (Å²) in [5, 5.41) is 4.65. The van der Waals surface area contributed by atoms with Crippen LogP contribution in [0, 0.1) is 11.6 Å². The van der Waals surface area contributed by atoms with Gasteiger partial charge < -0.3 is 10.1 Å². The van der Waals surface area contributed by atoms with E-state index in [1.165, 1.54) is 0 Å². The van der Waals surface area contributed by atoms with Gasteiger partial charge in [0.25, 0.3) is 0 Å². The number of benzene rings is 3. The molecule has 0 bridgehead atoms. The minimum Gasteiger partial charge on any atom is -0.492 e. The molecular formula is C21H20F2N2O4S. The number of amides is 1. The van der Waals surface area contributed by atoms with Crippen LogP contribution in [0.25, 0.3) is 10.8 Å². The number of nitrogens with one attached hydrogen (secondary N) is 1. The van der Waals surface area contributed by atoms with Gasteiger partial charge in [-0.3, -0.25) is 9.10 Å². The first-order valence-electron chi connectivity index (χ1n) is 9.05. The van der Waals surface area contributed by atoms with Crippen molar-refractivity contribution in [1.82, 2.24) is 5.32 Å². The monoisotopic (exact) mass is 434 g/mol. The van der Waals surface area contributed by atoms with E-state index in [1.54, 1.807) is 0 Å². The summed E-state index contributed by atoms with van der Waals surface area (Å²) in [6.07, 6.45) is 0.879. The average Bonchev–Trinajstić information content (AvgIpc) is 2.70. The van der Waals surface area contributed by atoms with E-state index in [0.717, 1.165) is 35.2 Å². The van der Waals surface area contributed by atoms with Gasteiger partial charge in [-0.15, -0.1) is 0 Å². The lowest BCUT2D eigenvalue weighted by molar-refractivity contribution is -0.119. The molecule has 3 rings (SSSR count). The minimum absolute atomic E-state index is 0.140. The molecule has 0 radical (unpaired) electrons. The number of ether oxygens (including phenoxy) is 1. The zero-order chi connectivity index (χ0) is 21.7. The largest absolute Gasteiger partial charge is 0.492 e. The van der Waals surface area contributed by atoms with E-state index in [9.17, 15) is 22.0 Å². The molecule has 0 atom stereocenters. The first kappa shape index (κ1) is 21.5. The van der Waals surface area contributed by atoms with Crippen LogP contribution in [-0.2, 0) is 14.8 Å². The van der Waals surface area contributed by atoms with Crippen molar-refractivity contribution in [2.75, 3.05) is 30.3 Å². The van der Waals surface area contributed by atoms with Gasteiger partial charge in [-0.05, 0) is 35.0 Å². The summed E-state index contributed by atoms with van der Waals surface area (Å²) in [4.78, 5) is 12.2. The van der Waals surface area contributed by atoms with Gasteiger partial charge in [0, 0.05) is 6.07 Å². The van der Waals surface area contributed by atoms with Gasteiger partial charge in [-0.25, -0.2) is 17.2 Å². The lowest BCUT2D eigenvalue weighted by atomic mass is 10.1. The number of hydrogen-bond donors (Lipinski definition) is 1. The highest BCUT2D eigenvalue weighted by Gasteiger charge is 2.22. The second-order valence-corrected chi connectivity index (χ2v) is 8.48.